The molecule has 150 valence electrons. The van der Waals surface area contributed by atoms with Crippen LogP contribution in [0.2, 0.25) is 0 Å². The lowest BCUT2D eigenvalue weighted by Gasteiger charge is -2.36. The van der Waals surface area contributed by atoms with Crippen molar-refractivity contribution >= 4 is 11.8 Å². The highest BCUT2D eigenvalue weighted by atomic mass is 16.2. The molecule has 2 rings (SSSR count). The second-order valence-corrected chi connectivity index (χ2v) is 7.37. The lowest BCUT2D eigenvalue weighted by Crippen LogP contribution is -2.54. The monoisotopic (exact) mass is 373 g/mol. The van der Waals surface area contributed by atoms with Crippen molar-refractivity contribution in [2.75, 3.05) is 32.7 Å². The summed E-state index contributed by atoms with van der Waals surface area (Å²) in [6, 6.07) is 7.34. The first-order valence-corrected chi connectivity index (χ1v) is 10.5. The topological polar surface area (TPSA) is 52.7 Å². The van der Waals surface area contributed by atoms with E-state index in [1.165, 1.54) is 5.56 Å². The third-order valence-electron chi connectivity index (χ3n) is 5.35. The van der Waals surface area contributed by atoms with Gasteiger partial charge in [-0.25, -0.2) is 0 Å². The summed E-state index contributed by atoms with van der Waals surface area (Å²) in [6.07, 6.45) is 4.90. The zero-order valence-electron chi connectivity index (χ0n) is 17.2. The summed E-state index contributed by atoms with van der Waals surface area (Å²) in [5.74, 6) is -0.100. The van der Waals surface area contributed by atoms with E-state index in [-0.39, 0.29) is 11.8 Å². The molecule has 0 bridgehead atoms. The molecule has 0 radical (unpaired) electrons. The van der Waals surface area contributed by atoms with E-state index in [9.17, 15) is 9.59 Å². The largest absolute Gasteiger partial charge is 0.340 e. The minimum absolute atomic E-state index is 0.0560. The van der Waals surface area contributed by atoms with E-state index in [4.69, 9.17) is 0 Å². The predicted molar refractivity (Wildman–Crippen MR) is 110 cm³/mol. The van der Waals surface area contributed by atoms with Crippen LogP contribution in [0.15, 0.2) is 24.3 Å². The molecule has 5 nitrogen and oxygen atoms in total. The van der Waals surface area contributed by atoms with E-state index in [0.717, 1.165) is 58.4 Å². The standard InChI is InChI=1S/C22H35N3O2/c1-4-7-9-18-10-12-19(13-11-18)21(26)23-20(8-5-2)22(27)25-16-14-24(6-3)15-17-25/h10-13,20H,4-9,14-17H2,1-3H3,(H,23,26). The Morgan fingerprint density at radius 3 is 2.22 bits per heavy atom. The van der Waals surface area contributed by atoms with Crippen LogP contribution < -0.4 is 5.32 Å². The maximum atomic E-state index is 12.9. The zero-order valence-corrected chi connectivity index (χ0v) is 17.2. The van der Waals surface area contributed by atoms with Gasteiger partial charge in [0.2, 0.25) is 5.91 Å². The highest BCUT2D eigenvalue weighted by molar-refractivity contribution is 5.97. The van der Waals surface area contributed by atoms with E-state index in [2.05, 4.69) is 24.1 Å². The number of hydrogen-bond acceptors (Lipinski definition) is 3. The van der Waals surface area contributed by atoms with Gasteiger partial charge in [-0.15, -0.1) is 0 Å². The van der Waals surface area contributed by atoms with Gasteiger partial charge in [0.15, 0.2) is 0 Å². The van der Waals surface area contributed by atoms with Crippen LogP contribution in [0.5, 0.6) is 0 Å². The Hall–Kier alpha value is -1.88. The van der Waals surface area contributed by atoms with Gasteiger partial charge in [-0.3, -0.25) is 9.59 Å². The molecule has 2 amide bonds. The Morgan fingerprint density at radius 1 is 1.00 bits per heavy atom. The van der Waals surface area contributed by atoms with Crippen LogP contribution in [0.25, 0.3) is 0 Å². The fourth-order valence-corrected chi connectivity index (χ4v) is 3.50. The van der Waals surface area contributed by atoms with Crippen LogP contribution in [0, 0.1) is 0 Å². The molecular formula is C22H35N3O2. The third kappa shape index (κ3) is 6.35. The highest BCUT2D eigenvalue weighted by Gasteiger charge is 2.28. The molecule has 1 N–H and O–H groups in total. The van der Waals surface area contributed by atoms with Crippen molar-refractivity contribution in [1.82, 2.24) is 15.1 Å². The summed E-state index contributed by atoms with van der Waals surface area (Å²) in [4.78, 5) is 29.8. The second-order valence-electron chi connectivity index (χ2n) is 7.37. The Morgan fingerprint density at radius 2 is 1.67 bits per heavy atom. The highest BCUT2D eigenvalue weighted by Crippen LogP contribution is 2.11. The van der Waals surface area contributed by atoms with Crippen molar-refractivity contribution in [2.45, 2.75) is 58.9 Å². The average molecular weight is 374 g/mol. The van der Waals surface area contributed by atoms with Gasteiger partial charge < -0.3 is 15.1 Å². The van der Waals surface area contributed by atoms with Gasteiger partial charge in [0.25, 0.3) is 5.91 Å². The number of aryl methyl sites for hydroxylation is 1. The molecule has 0 spiro atoms. The molecule has 1 heterocycles. The van der Waals surface area contributed by atoms with Gasteiger partial charge in [-0.1, -0.05) is 45.7 Å². The van der Waals surface area contributed by atoms with Crippen molar-refractivity contribution in [1.29, 1.82) is 0 Å². The van der Waals surface area contributed by atoms with Crippen molar-refractivity contribution in [3.63, 3.8) is 0 Å². The average Bonchev–Trinajstić information content (AvgIpc) is 2.71. The van der Waals surface area contributed by atoms with Crippen molar-refractivity contribution in [2.24, 2.45) is 0 Å². The molecule has 1 atom stereocenters. The van der Waals surface area contributed by atoms with Crippen molar-refractivity contribution < 1.29 is 9.59 Å². The van der Waals surface area contributed by atoms with E-state index in [1.807, 2.05) is 36.1 Å². The fraction of sp³-hybridized carbons (Fsp3) is 0.636. The van der Waals surface area contributed by atoms with Crippen LogP contribution in [0.3, 0.4) is 0 Å². The summed E-state index contributed by atoms with van der Waals surface area (Å²) in [6.45, 7) is 10.7. The van der Waals surface area contributed by atoms with Crippen LogP contribution in [0.4, 0.5) is 0 Å². The van der Waals surface area contributed by atoms with Crippen LogP contribution >= 0.6 is 0 Å². The molecule has 1 aromatic rings. The van der Waals surface area contributed by atoms with Crippen LogP contribution in [-0.4, -0.2) is 60.4 Å². The molecule has 1 aliphatic heterocycles. The van der Waals surface area contributed by atoms with E-state index in [1.54, 1.807) is 0 Å². The molecule has 27 heavy (non-hydrogen) atoms. The number of likely N-dealkylation sites (N-methyl/N-ethyl adjacent to an activating group) is 1. The first kappa shape index (κ1) is 21.4. The minimum Gasteiger partial charge on any atom is -0.340 e. The normalized spacial score (nSPS) is 16.2. The number of benzene rings is 1. The lowest BCUT2D eigenvalue weighted by molar-refractivity contribution is -0.135. The van der Waals surface area contributed by atoms with Crippen molar-refractivity contribution in [3.05, 3.63) is 35.4 Å². The molecule has 0 aliphatic carbocycles. The summed E-state index contributed by atoms with van der Waals surface area (Å²) in [5, 5.41) is 2.98. The molecule has 5 heteroatoms. The number of nitrogens with one attached hydrogen (secondary N) is 1. The number of nitrogens with zero attached hydrogens (tertiary/aromatic N) is 2. The molecule has 1 aromatic carbocycles. The van der Waals surface area contributed by atoms with Gasteiger partial charge in [0.05, 0.1) is 0 Å². The summed E-state index contributed by atoms with van der Waals surface area (Å²) in [5.41, 5.74) is 1.88. The number of unbranched alkanes of at least 4 members (excludes halogenated alkanes) is 1. The quantitative estimate of drug-likeness (QED) is 0.724. The number of piperazine rings is 1. The molecule has 1 unspecified atom stereocenters. The van der Waals surface area contributed by atoms with E-state index >= 15 is 0 Å². The third-order valence-corrected chi connectivity index (χ3v) is 5.35. The van der Waals surface area contributed by atoms with Gasteiger partial charge in [0.1, 0.15) is 6.04 Å². The molecule has 0 aromatic heterocycles. The zero-order chi connectivity index (χ0) is 19.6. The SMILES string of the molecule is CCCCc1ccc(C(=O)NC(CCC)C(=O)N2CCN(CC)CC2)cc1. The van der Waals surface area contributed by atoms with Crippen LogP contribution in [0.1, 0.15) is 62.4 Å². The smallest absolute Gasteiger partial charge is 0.251 e. The number of carbonyl (C=O) groups excluding carboxylic acids is 2. The number of hydrogen-bond donors (Lipinski definition) is 1. The Bertz CT molecular complexity index is 592. The number of carbonyl (C=O) groups is 2. The second kappa shape index (κ2) is 11.1. The van der Waals surface area contributed by atoms with Crippen molar-refractivity contribution in [3.8, 4) is 0 Å². The molecule has 0 saturated carbocycles. The first-order valence-electron chi connectivity index (χ1n) is 10.5. The molecule has 1 fully saturated rings. The summed E-state index contributed by atoms with van der Waals surface area (Å²) in [7, 11) is 0. The summed E-state index contributed by atoms with van der Waals surface area (Å²) >= 11 is 0. The number of amides is 2. The predicted octanol–water partition coefficient (Wildman–Crippen LogP) is 3.09. The van der Waals surface area contributed by atoms with Gasteiger partial charge >= 0.3 is 0 Å². The van der Waals surface area contributed by atoms with Crippen LogP contribution in [-0.2, 0) is 11.2 Å². The van der Waals surface area contributed by atoms with E-state index < -0.39 is 6.04 Å². The Labute approximate surface area is 164 Å². The maximum Gasteiger partial charge on any atom is 0.251 e. The first-order chi connectivity index (χ1) is 13.1. The fourth-order valence-electron chi connectivity index (χ4n) is 3.50. The Balaban J connectivity index is 1.96. The molecular weight excluding hydrogens is 338 g/mol. The maximum absolute atomic E-state index is 12.9. The Kier molecular flexibility index (Phi) is 8.79. The molecule has 1 saturated heterocycles. The minimum atomic E-state index is -0.435. The number of rotatable bonds is 9. The van der Waals surface area contributed by atoms with Gasteiger partial charge in [-0.05, 0) is 43.5 Å². The lowest BCUT2D eigenvalue weighted by atomic mass is 10.0. The molecule has 1 aliphatic rings. The van der Waals surface area contributed by atoms with Gasteiger partial charge in [0, 0.05) is 31.7 Å². The van der Waals surface area contributed by atoms with Gasteiger partial charge in [-0.2, -0.15) is 0 Å². The summed E-state index contributed by atoms with van der Waals surface area (Å²) < 4.78 is 0. The van der Waals surface area contributed by atoms with E-state index in [0.29, 0.717) is 12.0 Å².